The van der Waals surface area contributed by atoms with Crippen LogP contribution in [0.25, 0.3) is 0 Å². The van der Waals surface area contributed by atoms with Gasteiger partial charge in [0.25, 0.3) is 0 Å². The molecule has 0 amide bonds. The fraction of sp³-hybridized carbons (Fsp3) is 0.611. The first-order valence-electron chi connectivity index (χ1n) is 8.54. The van der Waals surface area contributed by atoms with Crippen LogP contribution in [0.4, 0.5) is 4.39 Å². The molecule has 4 nitrogen and oxygen atoms in total. The summed E-state index contributed by atoms with van der Waals surface area (Å²) >= 11 is 5.96. The molecule has 3 rings (SSSR count). The van der Waals surface area contributed by atoms with Gasteiger partial charge in [0.1, 0.15) is 6.17 Å². The fourth-order valence-electron chi connectivity index (χ4n) is 3.92. The van der Waals surface area contributed by atoms with E-state index in [-0.39, 0.29) is 18.4 Å². The van der Waals surface area contributed by atoms with Crippen LogP contribution in [-0.4, -0.2) is 36.4 Å². The van der Waals surface area contributed by atoms with E-state index in [1.165, 1.54) is 0 Å². The first kappa shape index (κ1) is 17.6. The predicted octanol–water partition coefficient (Wildman–Crippen LogP) is 3.53. The highest BCUT2D eigenvalue weighted by molar-refractivity contribution is 6.30. The Kier molecular flexibility index (Phi) is 5.42. The van der Waals surface area contributed by atoms with Crippen LogP contribution in [0, 0.1) is 5.92 Å². The van der Waals surface area contributed by atoms with E-state index in [0.717, 1.165) is 25.9 Å². The second-order valence-electron chi connectivity index (χ2n) is 6.72. The molecule has 2 fully saturated rings. The number of hydrogen-bond acceptors (Lipinski definition) is 3. The molecule has 0 spiro atoms. The third-order valence-electron chi connectivity index (χ3n) is 5.17. The second-order valence-corrected chi connectivity index (χ2v) is 7.16. The van der Waals surface area contributed by atoms with Crippen molar-refractivity contribution in [2.45, 2.75) is 50.0 Å². The molecule has 1 aliphatic heterocycles. The van der Waals surface area contributed by atoms with Crippen molar-refractivity contribution in [3.63, 3.8) is 0 Å². The van der Waals surface area contributed by atoms with E-state index in [1.807, 2.05) is 0 Å². The van der Waals surface area contributed by atoms with Crippen molar-refractivity contribution >= 4 is 17.6 Å². The summed E-state index contributed by atoms with van der Waals surface area (Å²) in [5.74, 6) is -1.41. The van der Waals surface area contributed by atoms with Gasteiger partial charge in [-0.25, -0.2) is 9.18 Å². The van der Waals surface area contributed by atoms with Gasteiger partial charge in [-0.3, -0.25) is 0 Å². The average molecular weight is 356 g/mol. The van der Waals surface area contributed by atoms with Crippen molar-refractivity contribution in [2.75, 3.05) is 13.1 Å². The zero-order valence-corrected chi connectivity index (χ0v) is 14.3. The van der Waals surface area contributed by atoms with Gasteiger partial charge in [-0.1, -0.05) is 23.7 Å². The van der Waals surface area contributed by atoms with Gasteiger partial charge >= 0.3 is 5.97 Å². The molecular weight excluding hydrogens is 333 g/mol. The summed E-state index contributed by atoms with van der Waals surface area (Å²) in [6, 6.07) is 6.73. The molecule has 2 N–H and O–H groups in total. The lowest BCUT2D eigenvalue weighted by atomic mass is 9.79. The molecule has 0 bridgehead atoms. The Morgan fingerprint density at radius 2 is 1.88 bits per heavy atom. The molecule has 6 heteroatoms. The predicted molar refractivity (Wildman–Crippen MR) is 90.0 cm³/mol. The summed E-state index contributed by atoms with van der Waals surface area (Å²) in [7, 11) is 0. The molecule has 0 aromatic heterocycles. The van der Waals surface area contributed by atoms with Crippen LogP contribution >= 0.6 is 11.6 Å². The molecule has 1 saturated carbocycles. The minimum Gasteiger partial charge on any atom is -0.479 e. The number of carbonyl (C=O) groups is 1. The Bertz CT molecular complexity index is 576. The average Bonchev–Trinajstić information content (AvgIpc) is 3.01. The van der Waals surface area contributed by atoms with E-state index in [4.69, 9.17) is 16.3 Å². The molecule has 1 aromatic rings. The van der Waals surface area contributed by atoms with E-state index >= 15 is 0 Å². The number of aliphatic carboxylic acids is 1. The maximum Gasteiger partial charge on any atom is 0.340 e. The lowest BCUT2D eigenvalue weighted by Crippen LogP contribution is -2.49. The highest BCUT2D eigenvalue weighted by Gasteiger charge is 2.52. The van der Waals surface area contributed by atoms with Crippen LogP contribution in [0.3, 0.4) is 0 Å². The lowest BCUT2D eigenvalue weighted by Gasteiger charge is -2.39. The van der Waals surface area contributed by atoms with Gasteiger partial charge in [-0.15, -0.1) is 0 Å². The third kappa shape index (κ3) is 3.44. The van der Waals surface area contributed by atoms with Gasteiger partial charge in [-0.2, -0.15) is 0 Å². The fourth-order valence-corrected chi connectivity index (χ4v) is 4.04. The summed E-state index contributed by atoms with van der Waals surface area (Å²) in [6.45, 7) is 1.61. The van der Waals surface area contributed by atoms with E-state index in [1.54, 1.807) is 24.3 Å². The smallest absolute Gasteiger partial charge is 0.340 e. The van der Waals surface area contributed by atoms with Crippen molar-refractivity contribution in [1.29, 1.82) is 0 Å². The van der Waals surface area contributed by atoms with E-state index in [9.17, 15) is 14.3 Å². The zero-order chi connectivity index (χ0) is 17.2. The lowest BCUT2D eigenvalue weighted by molar-refractivity contribution is -0.191. The molecule has 1 saturated heterocycles. The van der Waals surface area contributed by atoms with Crippen molar-refractivity contribution in [3.8, 4) is 0 Å². The molecule has 1 aliphatic carbocycles. The molecule has 0 radical (unpaired) electrons. The highest BCUT2D eigenvalue weighted by Crippen LogP contribution is 2.46. The summed E-state index contributed by atoms with van der Waals surface area (Å²) in [5.41, 5.74) is -0.954. The molecule has 1 aromatic carbocycles. The van der Waals surface area contributed by atoms with Gasteiger partial charge in [-0.05, 0) is 62.9 Å². The maximum atomic E-state index is 13.8. The quantitative estimate of drug-likeness (QED) is 0.848. The SMILES string of the molecule is O=C(O)[C@](OC1CCNCC1)(c1ccc(Cl)cc1)[C@@H]1CCC(F)C1. The van der Waals surface area contributed by atoms with Crippen LogP contribution in [0.15, 0.2) is 24.3 Å². The van der Waals surface area contributed by atoms with E-state index in [2.05, 4.69) is 5.32 Å². The largest absolute Gasteiger partial charge is 0.479 e. The standard InChI is InChI=1S/C18H23ClFNO3/c19-14-4-1-12(2-5-14)18(17(22)23,13-3-6-15(20)11-13)24-16-7-9-21-10-8-16/h1-2,4-5,13,15-16,21H,3,6-11H2,(H,22,23)/t13-,15?,18+/m1/s1. The topological polar surface area (TPSA) is 58.6 Å². The molecule has 2 aliphatic rings. The minimum atomic E-state index is -1.51. The number of ether oxygens (including phenoxy) is 1. The molecule has 132 valence electrons. The molecule has 24 heavy (non-hydrogen) atoms. The van der Waals surface area contributed by atoms with E-state index < -0.39 is 17.7 Å². The Labute approximate surface area is 146 Å². The Balaban J connectivity index is 1.99. The van der Waals surface area contributed by atoms with Crippen molar-refractivity contribution in [2.24, 2.45) is 5.92 Å². The monoisotopic (exact) mass is 355 g/mol. The number of rotatable bonds is 5. The molecule has 3 atom stereocenters. The molecule has 1 unspecified atom stereocenters. The summed E-state index contributed by atoms with van der Waals surface area (Å²) in [6.07, 6.45) is 1.54. The van der Waals surface area contributed by atoms with Crippen LogP contribution in [0.2, 0.25) is 5.02 Å². The van der Waals surface area contributed by atoms with Gasteiger partial charge in [0, 0.05) is 10.9 Å². The van der Waals surface area contributed by atoms with Gasteiger partial charge in [0.05, 0.1) is 6.10 Å². The maximum absolute atomic E-state index is 13.8. The van der Waals surface area contributed by atoms with Crippen molar-refractivity contribution in [1.82, 2.24) is 5.32 Å². The Morgan fingerprint density at radius 3 is 2.42 bits per heavy atom. The Hall–Kier alpha value is -1.17. The molecular formula is C18H23ClFNO3. The van der Waals surface area contributed by atoms with Crippen LogP contribution in [0.5, 0.6) is 0 Å². The summed E-state index contributed by atoms with van der Waals surface area (Å²) < 4.78 is 20.1. The first-order chi connectivity index (χ1) is 11.5. The highest BCUT2D eigenvalue weighted by atomic mass is 35.5. The van der Waals surface area contributed by atoms with Gasteiger partial charge < -0.3 is 15.2 Å². The van der Waals surface area contributed by atoms with Gasteiger partial charge in [0.15, 0.2) is 5.60 Å². The molecule has 1 heterocycles. The number of hydrogen-bond donors (Lipinski definition) is 2. The van der Waals surface area contributed by atoms with Gasteiger partial charge in [0.2, 0.25) is 0 Å². The minimum absolute atomic E-state index is 0.142. The first-order valence-corrected chi connectivity index (χ1v) is 8.92. The number of carboxylic acids is 1. The number of nitrogens with one attached hydrogen (secondary N) is 1. The third-order valence-corrected chi connectivity index (χ3v) is 5.43. The van der Waals surface area contributed by atoms with Crippen LogP contribution in [0.1, 0.15) is 37.7 Å². The number of benzene rings is 1. The number of piperidine rings is 1. The number of alkyl halides is 1. The Morgan fingerprint density at radius 1 is 1.21 bits per heavy atom. The van der Waals surface area contributed by atoms with Crippen LogP contribution in [-0.2, 0) is 15.1 Å². The van der Waals surface area contributed by atoms with Crippen molar-refractivity contribution < 1.29 is 19.0 Å². The zero-order valence-electron chi connectivity index (χ0n) is 13.5. The summed E-state index contributed by atoms with van der Waals surface area (Å²) in [5, 5.41) is 13.9. The normalized spacial score (nSPS) is 27.8. The number of carboxylic acid groups (broad SMARTS) is 1. The van der Waals surface area contributed by atoms with Crippen LogP contribution < -0.4 is 5.32 Å². The second kappa shape index (κ2) is 7.38. The van der Waals surface area contributed by atoms with Crippen molar-refractivity contribution in [3.05, 3.63) is 34.9 Å². The summed E-state index contributed by atoms with van der Waals surface area (Å²) in [4.78, 5) is 12.4. The number of halogens is 2. The van der Waals surface area contributed by atoms with E-state index in [0.29, 0.717) is 23.4 Å².